The number of amides is 1. The molecule has 0 radical (unpaired) electrons. The molecule has 2 N–H and O–H groups in total. The number of nitrogens with zero attached hydrogens (tertiary/aromatic N) is 1. The number of benzene rings is 1. The second-order valence-corrected chi connectivity index (χ2v) is 5.68. The molecule has 23 heavy (non-hydrogen) atoms. The Morgan fingerprint density at radius 3 is 2.65 bits per heavy atom. The number of carbonyl (C=O) groups is 2. The Balaban J connectivity index is 1.59. The van der Waals surface area contributed by atoms with Gasteiger partial charge in [0.15, 0.2) is 0 Å². The third kappa shape index (κ3) is 3.48. The minimum absolute atomic E-state index is 0.135. The van der Waals surface area contributed by atoms with Crippen LogP contribution in [-0.2, 0) is 11.2 Å². The van der Waals surface area contributed by atoms with Crippen LogP contribution in [0.15, 0.2) is 40.9 Å². The van der Waals surface area contributed by atoms with E-state index < -0.39 is 5.97 Å². The minimum atomic E-state index is -0.991. The van der Waals surface area contributed by atoms with Crippen molar-refractivity contribution in [2.45, 2.75) is 19.8 Å². The predicted molar refractivity (Wildman–Crippen MR) is 84.0 cm³/mol. The highest BCUT2D eigenvalue weighted by Crippen LogP contribution is 2.33. The van der Waals surface area contributed by atoms with Crippen molar-refractivity contribution in [3.8, 4) is 0 Å². The molecule has 1 unspecified atom stereocenters. The van der Waals surface area contributed by atoms with Gasteiger partial charge in [0.25, 0.3) is 0 Å². The standard InChI is InChI=1S/C17H16N2O4/c1-10-6-13(7-10)14-9-16(23-19-14)18-15(20)8-11-2-4-12(5-3-11)17(21)22/h2-6,9-10H,7-8H2,1H3,(H,18,20)(H,21,22). The molecule has 1 amide bonds. The first kappa shape index (κ1) is 15.0. The summed E-state index contributed by atoms with van der Waals surface area (Å²) < 4.78 is 5.12. The van der Waals surface area contributed by atoms with Gasteiger partial charge in [0.05, 0.1) is 12.0 Å². The topological polar surface area (TPSA) is 92.4 Å². The number of anilines is 1. The van der Waals surface area contributed by atoms with Gasteiger partial charge in [0.1, 0.15) is 5.69 Å². The first-order valence-electron chi connectivity index (χ1n) is 7.31. The van der Waals surface area contributed by atoms with E-state index in [4.69, 9.17) is 9.63 Å². The lowest BCUT2D eigenvalue weighted by molar-refractivity contribution is -0.115. The van der Waals surface area contributed by atoms with Gasteiger partial charge in [-0.2, -0.15) is 0 Å². The Bertz CT molecular complexity index is 774. The molecule has 0 saturated heterocycles. The highest BCUT2D eigenvalue weighted by molar-refractivity contribution is 5.92. The third-order valence-electron chi connectivity index (χ3n) is 3.69. The Labute approximate surface area is 132 Å². The van der Waals surface area contributed by atoms with Crippen molar-refractivity contribution in [2.75, 3.05) is 5.32 Å². The van der Waals surface area contributed by atoms with Crippen LogP contribution in [0.2, 0.25) is 0 Å². The number of allylic oxidation sites excluding steroid dienone is 2. The molecule has 1 atom stereocenters. The van der Waals surface area contributed by atoms with Crippen LogP contribution < -0.4 is 5.32 Å². The summed E-state index contributed by atoms with van der Waals surface area (Å²) in [6.07, 6.45) is 3.22. The number of nitrogens with one attached hydrogen (secondary N) is 1. The quantitative estimate of drug-likeness (QED) is 0.885. The average Bonchev–Trinajstić information content (AvgIpc) is 2.92. The number of carbonyl (C=O) groups excluding carboxylic acids is 1. The highest BCUT2D eigenvalue weighted by Gasteiger charge is 2.19. The largest absolute Gasteiger partial charge is 0.478 e. The Morgan fingerprint density at radius 1 is 1.35 bits per heavy atom. The van der Waals surface area contributed by atoms with E-state index in [-0.39, 0.29) is 17.9 Å². The summed E-state index contributed by atoms with van der Waals surface area (Å²) in [5.41, 5.74) is 2.80. The maximum atomic E-state index is 12.0. The van der Waals surface area contributed by atoms with Gasteiger partial charge in [-0.1, -0.05) is 30.3 Å². The smallest absolute Gasteiger partial charge is 0.335 e. The zero-order valence-electron chi connectivity index (χ0n) is 12.6. The van der Waals surface area contributed by atoms with Gasteiger partial charge in [-0.3, -0.25) is 10.1 Å². The summed E-state index contributed by atoms with van der Waals surface area (Å²) >= 11 is 0. The van der Waals surface area contributed by atoms with Gasteiger partial charge >= 0.3 is 5.97 Å². The summed E-state index contributed by atoms with van der Waals surface area (Å²) in [7, 11) is 0. The second-order valence-electron chi connectivity index (χ2n) is 5.68. The molecule has 2 aromatic rings. The zero-order chi connectivity index (χ0) is 16.4. The summed E-state index contributed by atoms with van der Waals surface area (Å²) in [6.45, 7) is 2.13. The van der Waals surface area contributed by atoms with E-state index in [1.54, 1.807) is 18.2 Å². The van der Waals surface area contributed by atoms with Crippen molar-refractivity contribution in [1.29, 1.82) is 0 Å². The molecule has 3 rings (SSSR count). The van der Waals surface area contributed by atoms with Crippen molar-refractivity contribution in [3.63, 3.8) is 0 Å². The molecule has 1 aliphatic carbocycles. The Kier molecular flexibility index (Phi) is 3.97. The van der Waals surface area contributed by atoms with Gasteiger partial charge < -0.3 is 9.63 Å². The molecule has 0 saturated carbocycles. The molecule has 6 heteroatoms. The Morgan fingerprint density at radius 2 is 2.04 bits per heavy atom. The minimum Gasteiger partial charge on any atom is -0.478 e. The van der Waals surface area contributed by atoms with E-state index in [0.717, 1.165) is 23.3 Å². The van der Waals surface area contributed by atoms with Crippen LogP contribution in [-0.4, -0.2) is 22.1 Å². The zero-order valence-corrected chi connectivity index (χ0v) is 12.6. The molecular formula is C17H16N2O4. The van der Waals surface area contributed by atoms with Crippen LogP contribution >= 0.6 is 0 Å². The first-order chi connectivity index (χ1) is 11.0. The van der Waals surface area contributed by atoms with Crippen molar-refractivity contribution >= 4 is 23.3 Å². The van der Waals surface area contributed by atoms with E-state index in [2.05, 4.69) is 23.5 Å². The fourth-order valence-corrected chi connectivity index (χ4v) is 2.46. The number of carboxylic acids is 1. The summed E-state index contributed by atoms with van der Waals surface area (Å²) in [5.74, 6) is -0.359. The summed E-state index contributed by atoms with van der Waals surface area (Å²) in [4.78, 5) is 22.8. The Hall–Kier alpha value is -2.89. The van der Waals surface area contributed by atoms with E-state index in [0.29, 0.717) is 11.8 Å². The SMILES string of the molecule is CC1C=C(c2cc(NC(=O)Cc3ccc(C(=O)O)cc3)on2)C1. The number of hydrogen-bond acceptors (Lipinski definition) is 4. The van der Waals surface area contributed by atoms with Crippen molar-refractivity contribution in [1.82, 2.24) is 5.16 Å². The van der Waals surface area contributed by atoms with Gasteiger partial charge in [0, 0.05) is 6.07 Å². The number of hydrogen-bond donors (Lipinski definition) is 2. The number of carboxylic acid groups (broad SMARTS) is 1. The molecule has 1 heterocycles. The monoisotopic (exact) mass is 312 g/mol. The molecule has 1 aromatic heterocycles. The van der Waals surface area contributed by atoms with Crippen LogP contribution in [0, 0.1) is 5.92 Å². The van der Waals surface area contributed by atoms with Crippen molar-refractivity contribution < 1.29 is 19.2 Å². The van der Waals surface area contributed by atoms with E-state index in [1.807, 2.05) is 0 Å². The predicted octanol–water partition coefficient (Wildman–Crippen LogP) is 2.98. The molecule has 0 fully saturated rings. The average molecular weight is 312 g/mol. The molecule has 118 valence electrons. The van der Waals surface area contributed by atoms with Gasteiger partial charge in [-0.15, -0.1) is 0 Å². The van der Waals surface area contributed by atoms with Gasteiger partial charge in [-0.25, -0.2) is 4.79 Å². The third-order valence-corrected chi connectivity index (χ3v) is 3.69. The first-order valence-corrected chi connectivity index (χ1v) is 7.31. The highest BCUT2D eigenvalue weighted by atomic mass is 16.5. The number of aromatic carboxylic acids is 1. The molecule has 0 spiro atoms. The summed E-state index contributed by atoms with van der Waals surface area (Å²) in [6, 6.07) is 7.90. The lowest BCUT2D eigenvalue weighted by atomic mass is 9.86. The molecule has 6 nitrogen and oxygen atoms in total. The normalized spacial score (nSPS) is 16.4. The van der Waals surface area contributed by atoms with Crippen LogP contribution in [0.1, 0.15) is 35.0 Å². The van der Waals surface area contributed by atoms with Crippen LogP contribution in [0.4, 0.5) is 5.88 Å². The fourth-order valence-electron chi connectivity index (χ4n) is 2.46. The molecule has 1 aliphatic rings. The van der Waals surface area contributed by atoms with Crippen LogP contribution in [0.25, 0.3) is 5.57 Å². The van der Waals surface area contributed by atoms with Crippen molar-refractivity contribution in [2.24, 2.45) is 5.92 Å². The maximum Gasteiger partial charge on any atom is 0.335 e. The van der Waals surface area contributed by atoms with Crippen LogP contribution in [0.5, 0.6) is 0 Å². The fraction of sp³-hybridized carbons (Fsp3) is 0.235. The van der Waals surface area contributed by atoms with Crippen LogP contribution in [0.3, 0.4) is 0 Å². The number of aromatic nitrogens is 1. The molecule has 1 aromatic carbocycles. The van der Waals surface area contributed by atoms with Crippen molar-refractivity contribution in [3.05, 3.63) is 53.2 Å². The van der Waals surface area contributed by atoms with E-state index >= 15 is 0 Å². The van der Waals surface area contributed by atoms with Gasteiger partial charge in [-0.05, 0) is 35.6 Å². The van der Waals surface area contributed by atoms with E-state index in [1.165, 1.54) is 12.1 Å². The lowest BCUT2D eigenvalue weighted by Gasteiger charge is -2.18. The lowest BCUT2D eigenvalue weighted by Crippen LogP contribution is -2.14. The molecule has 0 bridgehead atoms. The maximum absolute atomic E-state index is 12.0. The van der Waals surface area contributed by atoms with E-state index in [9.17, 15) is 9.59 Å². The van der Waals surface area contributed by atoms with Gasteiger partial charge in [0.2, 0.25) is 11.8 Å². The number of rotatable bonds is 5. The molecule has 0 aliphatic heterocycles. The summed E-state index contributed by atoms with van der Waals surface area (Å²) in [5, 5.41) is 15.4. The second kappa shape index (κ2) is 6.08. The molecular weight excluding hydrogens is 296 g/mol.